The van der Waals surface area contributed by atoms with Crippen molar-refractivity contribution in [3.8, 4) is 0 Å². The summed E-state index contributed by atoms with van der Waals surface area (Å²) in [6.45, 7) is 10.3. The SMILES string of the molecule is CC1CN(C(=O)OC(C)(C)C)C(C)C(CN)C1O. The van der Waals surface area contributed by atoms with Crippen LogP contribution < -0.4 is 5.73 Å². The molecular formula is C13H26N2O3. The number of nitrogens with two attached hydrogens (primary N) is 1. The first kappa shape index (κ1) is 15.2. The van der Waals surface area contributed by atoms with Gasteiger partial charge in [0.2, 0.25) is 0 Å². The number of rotatable bonds is 1. The first-order valence-electron chi connectivity index (χ1n) is 6.55. The summed E-state index contributed by atoms with van der Waals surface area (Å²) < 4.78 is 5.39. The maximum atomic E-state index is 12.1. The maximum absolute atomic E-state index is 12.1. The van der Waals surface area contributed by atoms with Gasteiger partial charge in [-0.1, -0.05) is 6.92 Å². The van der Waals surface area contributed by atoms with E-state index in [1.165, 1.54) is 0 Å². The third kappa shape index (κ3) is 3.36. The van der Waals surface area contributed by atoms with Crippen LogP contribution in [-0.2, 0) is 4.74 Å². The monoisotopic (exact) mass is 258 g/mol. The Morgan fingerprint density at radius 2 is 2.00 bits per heavy atom. The molecule has 0 saturated carbocycles. The van der Waals surface area contributed by atoms with Crippen LogP contribution in [0.5, 0.6) is 0 Å². The molecule has 0 spiro atoms. The van der Waals surface area contributed by atoms with E-state index in [4.69, 9.17) is 10.5 Å². The zero-order chi connectivity index (χ0) is 14.1. The average molecular weight is 258 g/mol. The van der Waals surface area contributed by atoms with Crippen LogP contribution in [0, 0.1) is 11.8 Å². The highest BCUT2D eigenvalue weighted by Crippen LogP contribution is 2.28. The standard InChI is InChI=1S/C13H26N2O3/c1-8-7-15(12(17)18-13(3,4)5)9(2)10(6-14)11(8)16/h8-11,16H,6-7,14H2,1-5H3. The third-order valence-corrected chi connectivity index (χ3v) is 3.52. The van der Waals surface area contributed by atoms with Gasteiger partial charge in [-0.3, -0.25) is 0 Å². The van der Waals surface area contributed by atoms with Gasteiger partial charge in [0.1, 0.15) is 5.60 Å². The minimum atomic E-state index is -0.506. The fraction of sp³-hybridized carbons (Fsp3) is 0.923. The van der Waals surface area contributed by atoms with Crippen molar-refractivity contribution < 1.29 is 14.6 Å². The molecule has 5 heteroatoms. The molecule has 1 rings (SSSR count). The van der Waals surface area contributed by atoms with Gasteiger partial charge in [-0.2, -0.15) is 0 Å². The number of nitrogens with zero attached hydrogens (tertiary/aromatic N) is 1. The van der Waals surface area contributed by atoms with E-state index in [1.807, 2.05) is 34.6 Å². The highest BCUT2D eigenvalue weighted by molar-refractivity contribution is 5.68. The second-order valence-corrected chi connectivity index (χ2v) is 6.24. The first-order chi connectivity index (χ1) is 8.17. The van der Waals surface area contributed by atoms with E-state index in [2.05, 4.69) is 0 Å². The van der Waals surface area contributed by atoms with E-state index in [9.17, 15) is 9.90 Å². The van der Waals surface area contributed by atoms with Gasteiger partial charge in [-0.05, 0) is 34.2 Å². The number of piperidine rings is 1. The van der Waals surface area contributed by atoms with Gasteiger partial charge in [0.05, 0.1) is 6.10 Å². The molecule has 1 saturated heterocycles. The lowest BCUT2D eigenvalue weighted by molar-refractivity contribution is -0.0535. The Hall–Kier alpha value is -0.810. The fourth-order valence-corrected chi connectivity index (χ4v) is 2.42. The Labute approximate surface area is 109 Å². The number of ether oxygens (including phenoxy) is 1. The average Bonchev–Trinajstić information content (AvgIpc) is 2.21. The van der Waals surface area contributed by atoms with Crippen molar-refractivity contribution in [2.24, 2.45) is 17.6 Å². The Morgan fingerprint density at radius 1 is 1.44 bits per heavy atom. The summed E-state index contributed by atoms with van der Waals surface area (Å²) in [6, 6.07) is -0.101. The summed E-state index contributed by atoms with van der Waals surface area (Å²) in [4.78, 5) is 13.8. The van der Waals surface area contributed by atoms with Gasteiger partial charge >= 0.3 is 6.09 Å². The normalized spacial score (nSPS) is 33.4. The van der Waals surface area contributed by atoms with Gasteiger partial charge in [-0.15, -0.1) is 0 Å². The van der Waals surface area contributed by atoms with Crippen LogP contribution in [0.2, 0.25) is 0 Å². The van der Waals surface area contributed by atoms with Crippen molar-refractivity contribution in [2.75, 3.05) is 13.1 Å². The first-order valence-corrected chi connectivity index (χ1v) is 6.55. The minimum Gasteiger partial charge on any atom is -0.444 e. The largest absolute Gasteiger partial charge is 0.444 e. The number of aliphatic hydroxyl groups is 1. The van der Waals surface area contributed by atoms with Crippen LogP contribution in [0.3, 0.4) is 0 Å². The Kier molecular flexibility index (Phi) is 4.61. The topological polar surface area (TPSA) is 75.8 Å². The molecule has 18 heavy (non-hydrogen) atoms. The summed E-state index contributed by atoms with van der Waals surface area (Å²) in [7, 11) is 0. The Morgan fingerprint density at radius 3 is 2.44 bits per heavy atom. The van der Waals surface area contributed by atoms with Gasteiger partial charge in [0.25, 0.3) is 0 Å². The van der Waals surface area contributed by atoms with Crippen molar-refractivity contribution in [2.45, 2.75) is 52.4 Å². The Balaban J connectivity index is 2.79. The number of aliphatic hydroxyl groups excluding tert-OH is 1. The predicted molar refractivity (Wildman–Crippen MR) is 70.1 cm³/mol. The molecule has 5 nitrogen and oxygen atoms in total. The molecule has 0 aromatic rings. The van der Waals surface area contributed by atoms with Crippen molar-refractivity contribution in [1.82, 2.24) is 4.90 Å². The molecule has 0 radical (unpaired) electrons. The lowest BCUT2D eigenvalue weighted by Crippen LogP contribution is -2.58. The van der Waals surface area contributed by atoms with E-state index < -0.39 is 11.7 Å². The van der Waals surface area contributed by atoms with Crippen LogP contribution in [-0.4, -0.2) is 46.9 Å². The van der Waals surface area contributed by atoms with Gasteiger partial charge < -0.3 is 20.5 Å². The number of carbonyl (C=O) groups excluding carboxylic acids is 1. The van der Waals surface area contributed by atoms with E-state index in [0.717, 1.165) is 0 Å². The number of likely N-dealkylation sites (tertiary alicyclic amines) is 1. The molecule has 1 heterocycles. The predicted octanol–water partition coefficient (Wildman–Crippen LogP) is 1.20. The molecule has 106 valence electrons. The van der Waals surface area contributed by atoms with Crippen LogP contribution in [0.1, 0.15) is 34.6 Å². The quantitative estimate of drug-likeness (QED) is 0.741. The number of amides is 1. The highest BCUT2D eigenvalue weighted by atomic mass is 16.6. The van der Waals surface area contributed by atoms with E-state index in [0.29, 0.717) is 13.1 Å². The molecular weight excluding hydrogens is 232 g/mol. The van der Waals surface area contributed by atoms with Crippen molar-refractivity contribution in [1.29, 1.82) is 0 Å². The Bertz CT molecular complexity index is 301. The molecule has 0 aliphatic carbocycles. The zero-order valence-corrected chi connectivity index (χ0v) is 12.0. The van der Waals surface area contributed by atoms with Crippen molar-refractivity contribution in [3.05, 3.63) is 0 Å². The smallest absolute Gasteiger partial charge is 0.410 e. The second-order valence-electron chi connectivity index (χ2n) is 6.24. The molecule has 0 aromatic heterocycles. The van der Waals surface area contributed by atoms with Crippen molar-refractivity contribution >= 4 is 6.09 Å². The highest BCUT2D eigenvalue weighted by Gasteiger charge is 2.41. The van der Waals surface area contributed by atoms with E-state index in [1.54, 1.807) is 4.90 Å². The summed E-state index contributed by atoms with van der Waals surface area (Å²) in [5.41, 5.74) is 5.19. The molecule has 1 amide bonds. The lowest BCUT2D eigenvalue weighted by atomic mass is 9.82. The molecule has 4 unspecified atom stereocenters. The van der Waals surface area contributed by atoms with E-state index in [-0.39, 0.29) is 24.0 Å². The third-order valence-electron chi connectivity index (χ3n) is 3.52. The molecule has 0 bridgehead atoms. The van der Waals surface area contributed by atoms with E-state index >= 15 is 0 Å². The van der Waals surface area contributed by atoms with Crippen molar-refractivity contribution in [3.63, 3.8) is 0 Å². The van der Waals surface area contributed by atoms with Gasteiger partial charge in [-0.25, -0.2) is 4.79 Å². The fourth-order valence-electron chi connectivity index (χ4n) is 2.42. The molecule has 1 aliphatic heterocycles. The molecule has 4 atom stereocenters. The summed E-state index contributed by atoms with van der Waals surface area (Å²) in [5.74, 6) is -0.0801. The summed E-state index contributed by atoms with van der Waals surface area (Å²) in [5, 5.41) is 10.1. The summed E-state index contributed by atoms with van der Waals surface area (Å²) >= 11 is 0. The van der Waals surface area contributed by atoms with Gasteiger partial charge in [0.15, 0.2) is 0 Å². The number of hydrogen-bond donors (Lipinski definition) is 2. The number of carbonyl (C=O) groups is 1. The maximum Gasteiger partial charge on any atom is 0.410 e. The van der Waals surface area contributed by atoms with Crippen LogP contribution in [0.4, 0.5) is 4.79 Å². The van der Waals surface area contributed by atoms with Crippen LogP contribution in [0.15, 0.2) is 0 Å². The van der Waals surface area contributed by atoms with Crippen LogP contribution in [0.25, 0.3) is 0 Å². The lowest BCUT2D eigenvalue weighted by Gasteiger charge is -2.45. The second kappa shape index (κ2) is 5.45. The number of hydrogen-bond acceptors (Lipinski definition) is 4. The molecule has 0 aromatic carbocycles. The molecule has 1 fully saturated rings. The minimum absolute atomic E-state index is 0.0160. The zero-order valence-electron chi connectivity index (χ0n) is 12.0. The van der Waals surface area contributed by atoms with Crippen LogP contribution >= 0.6 is 0 Å². The summed E-state index contributed by atoms with van der Waals surface area (Å²) in [6.07, 6.45) is -0.782. The molecule has 1 aliphatic rings. The molecule has 3 N–H and O–H groups in total. The van der Waals surface area contributed by atoms with Gasteiger partial charge in [0, 0.05) is 24.4 Å².